The maximum absolute atomic E-state index is 5.84. The van der Waals surface area contributed by atoms with Crippen molar-refractivity contribution in [1.82, 2.24) is 4.98 Å². The van der Waals surface area contributed by atoms with E-state index < -0.39 is 0 Å². The van der Waals surface area contributed by atoms with Gasteiger partial charge in [-0.2, -0.15) is 0 Å². The zero-order chi connectivity index (χ0) is 13.8. The molecule has 0 bridgehead atoms. The van der Waals surface area contributed by atoms with Crippen LogP contribution in [0.4, 0.5) is 0 Å². The van der Waals surface area contributed by atoms with Gasteiger partial charge in [0.1, 0.15) is 0 Å². The molecule has 0 aliphatic rings. The van der Waals surface area contributed by atoms with Crippen LogP contribution in [0, 0.1) is 0 Å². The molecule has 98 valence electrons. The third-order valence-electron chi connectivity index (χ3n) is 3.17. The first-order valence-corrected chi connectivity index (χ1v) is 7.07. The van der Waals surface area contributed by atoms with Gasteiger partial charge in [-0.3, -0.25) is 0 Å². The Hall–Kier alpha value is -2.12. The monoisotopic (exact) mass is 279 g/mol. The number of halogens is 1. The van der Waals surface area contributed by atoms with Crippen molar-refractivity contribution < 1.29 is 0 Å². The molecular formula is C18H14ClN. The fourth-order valence-corrected chi connectivity index (χ4v) is 2.30. The number of rotatable bonds is 3. The molecule has 2 aromatic carbocycles. The fraction of sp³-hybridized carbons (Fsp3) is 0.0556. The topological polar surface area (TPSA) is 12.9 Å². The summed E-state index contributed by atoms with van der Waals surface area (Å²) in [5.74, 6) is 0.538. The first kappa shape index (κ1) is 12.9. The van der Waals surface area contributed by atoms with Gasteiger partial charge >= 0.3 is 0 Å². The van der Waals surface area contributed by atoms with E-state index in [-0.39, 0.29) is 0 Å². The second kappa shape index (κ2) is 5.89. The number of pyridine rings is 1. The summed E-state index contributed by atoms with van der Waals surface area (Å²) in [6.07, 6.45) is 4.09. The standard InChI is InChI=1S/C18H14ClN/c19-13-15-5-3-4-14(12-15)8-10-17-11-9-16-6-1-2-7-18(16)20-17/h1-12H,13H2. The lowest BCUT2D eigenvalue weighted by Crippen LogP contribution is -1.83. The van der Waals surface area contributed by atoms with Gasteiger partial charge < -0.3 is 0 Å². The molecule has 0 saturated heterocycles. The molecule has 0 aliphatic carbocycles. The zero-order valence-electron chi connectivity index (χ0n) is 11.0. The van der Waals surface area contributed by atoms with Crippen molar-refractivity contribution in [2.45, 2.75) is 5.88 Å². The van der Waals surface area contributed by atoms with E-state index in [1.807, 2.05) is 42.5 Å². The van der Waals surface area contributed by atoms with Crippen LogP contribution in [0.15, 0.2) is 60.7 Å². The fourth-order valence-electron chi connectivity index (χ4n) is 2.14. The molecule has 0 N–H and O–H groups in total. The molecule has 0 atom stereocenters. The average molecular weight is 280 g/mol. The van der Waals surface area contributed by atoms with E-state index in [1.54, 1.807) is 0 Å². The van der Waals surface area contributed by atoms with E-state index >= 15 is 0 Å². The zero-order valence-corrected chi connectivity index (χ0v) is 11.7. The summed E-state index contributed by atoms with van der Waals surface area (Å²) in [5.41, 5.74) is 4.24. The molecule has 2 heteroatoms. The molecule has 0 fully saturated rings. The van der Waals surface area contributed by atoms with E-state index in [9.17, 15) is 0 Å². The normalized spacial score (nSPS) is 11.2. The van der Waals surface area contributed by atoms with Crippen LogP contribution in [0.2, 0.25) is 0 Å². The van der Waals surface area contributed by atoms with E-state index in [0.29, 0.717) is 5.88 Å². The summed E-state index contributed by atoms with van der Waals surface area (Å²) in [7, 11) is 0. The molecule has 0 spiro atoms. The van der Waals surface area contributed by atoms with Crippen LogP contribution in [-0.4, -0.2) is 4.98 Å². The number of alkyl halides is 1. The molecule has 3 aromatic rings. The molecule has 20 heavy (non-hydrogen) atoms. The van der Waals surface area contributed by atoms with Gasteiger partial charge in [-0.15, -0.1) is 11.6 Å². The molecule has 1 nitrogen and oxygen atoms in total. The minimum Gasteiger partial charge on any atom is -0.248 e. The first-order valence-electron chi connectivity index (χ1n) is 6.54. The third kappa shape index (κ3) is 2.89. The van der Waals surface area contributed by atoms with Gasteiger partial charge in [0.25, 0.3) is 0 Å². The van der Waals surface area contributed by atoms with Crippen LogP contribution in [-0.2, 0) is 5.88 Å². The number of fused-ring (bicyclic) bond motifs is 1. The molecular weight excluding hydrogens is 266 g/mol. The van der Waals surface area contributed by atoms with E-state index in [1.165, 1.54) is 0 Å². The summed E-state index contributed by atoms with van der Waals surface area (Å²) in [6, 6.07) is 20.5. The maximum Gasteiger partial charge on any atom is 0.0709 e. The number of benzene rings is 2. The summed E-state index contributed by atoms with van der Waals surface area (Å²) in [6.45, 7) is 0. The second-order valence-electron chi connectivity index (χ2n) is 4.64. The lowest BCUT2D eigenvalue weighted by atomic mass is 10.1. The summed E-state index contributed by atoms with van der Waals surface area (Å²) in [4.78, 5) is 4.62. The number of para-hydroxylation sites is 1. The van der Waals surface area contributed by atoms with Crippen molar-refractivity contribution in [3.05, 3.63) is 77.5 Å². The lowest BCUT2D eigenvalue weighted by Gasteiger charge is -1.99. The van der Waals surface area contributed by atoms with Crippen molar-refractivity contribution in [3.8, 4) is 0 Å². The number of hydrogen-bond donors (Lipinski definition) is 0. The largest absolute Gasteiger partial charge is 0.248 e. The van der Waals surface area contributed by atoms with Gasteiger partial charge in [0.15, 0.2) is 0 Å². The van der Waals surface area contributed by atoms with Crippen molar-refractivity contribution in [2.75, 3.05) is 0 Å². The summed E-state index contributed by atoms with van der Waals surface area (Å²) >= 11 is 5.84. The highest BCUT2D eigenvalue weighted by atomic mass is 35.5. The predicted octanol–water partition coefficient (Wildman–Crippen LogP) is 5.14. The smallest absolute Gasteiger partial charge is 0.0709 e. The maximum atomic E-state index is 5.84. The predicted molar refractivity (Wildman–Crippen MR) is 86.7 cm³/mol. The van der Waals surface area contributed by atoms with Gasteiger partial charge in [-0.25, -0.2) is 4.98 Å². The number of aromatic nitrogens is 1. The highest BCUT2D eigenvalue weighted by Gasteiger charge is 1.95. The summed E-state index contributed by atoms with van der Waals surface area (Å²) < 4.78 is 0. The minimum atomic E-state index is 0.538. The Morgan fingerprint density at radius 2 is 1.80 bits per heavy atom. The Bertz CT molecular complexity index is 762. The molecule has 3 rings (SSSR count). The van der Waals surface area contributed by atoms with Crippen LogP contribution < -0.4 is 0 Å². The third-order valence-corrected chi connectivity index (χ3v) is 3.48. The summed E-state index contributed by atoms with van der Waals surface area (Å²) in [5, 5.41) is 1.16. The van der Waals surface area contributed by atoms with Crippen LogP contribution in [0.25, 0.3) is 23.1 Å². The SMILES string of the molecule is ClCc1cccc(C=Cc2ccc3ccccc3n2)c1. The Morgan fingerprint density at radius 3 is 2.70 bits per heavy atom. The molecule has 0 unspecified atom stereocenters. The van der Waals surface area contributed by atoms with Gasteiger partial charge in [0.2, 0.25) is 0 Å². The molecule has 1 heterocycles. The van der Waals surface area contributed by atoms with Crippen molar-refractivity contribution in [3.63, 3.8) is 0 Å². The molecule has 0 saturated carbocycles. The van der Waals surface area contributed by atoms with Gasteiger partial charge in [0, 0.05) is 11.3 Å². The van der Waals surface area contributed by atoms with Crippen LogP contribution in [0.5, 0.6) is 0 Å². The number of nitrogens with zero attached hydrogens (tertiary/aromatic N) is 1. The van der Waals surface area contributed by atoms with E-state index in [0.717, 1.165) is 27.7 Å². The van der Waals surface area contributed by atoms with Crippen molar-refractivity contribution >= 4 is 34.7 Å². The highest BCUT2D eigenvalue weighted by molar-refractivity contribution is 6.17. The van der Waals surface area contributed by atoms with Gasteiger partial charge in [-0.05, 0) is 29.3 Å². The van der Waals surface area contributed by atoms with Gasteiger partial charge in [-0.1, -0.05) is 54.6 Å². The second-order valence-corrected chi connectivity index (χ2v) is 4.91. The van der Waals surface area contributed by atoms with Gasteiger partial charge in [0.05, 0.1) is 11.2 Å². The Labute approximate surface area is 123 Å². The quantitative estimate of drug-likeness (QED) is 0.605. The minimum absolute atomic E-state index is 0.538. The molecule has 0 radical (unpaired) electrons. The Kier molecular flexibility index (Phi) is 3.80. The van der Waals surface area contributed by atoms with Crippen LogP contribution >= 0.6 is 11.6 Å². The van der Waals surface area contributed by atoms with Crippen molar-refractivity contribution in [1.29, 1.82) is 0 Å². The molecule has 0 aliphatic heterocycles. The lowest BCUT2D eigenvalue weighted by molar-refractivity contribution is 1.37. The van der Waals surface area contributed by atoms with E-state index in [4.69, 9.17) is 11.6 Å². The molecule has 1 aromatic heterocycles. The molecule has 0 amide bonds. The van der Waals surface area contributed by atoms with Crippen LogP contribution in [0.3, 0.4) is 0 Å². The Balaban J connectivity index is 1.89. The Morgan fingerprint density at radius 1 is 0.900 bits per heavy atom. The number of hydrogen-bond acceptors (Lipinski definition) is 1. The van der Waals surface area contributed by atoms with Crippen molar-refractivity contribution in [2.24, 2.45) is 0 Å². The highest BCUT2D eigenvalue weighted by Crippen LogP contribution is 2.14. The van der Waals surface area contributed by atoms with Crippen LogP contribution in [0.1, 0.15) is 16.8 Å². The van der Waals surface area contributed by atoms with E-state index in [2.05, 4.69) is 35.3 Å². The average Bonchev–Trinajstić information content (AvgIpc) is 2.53. The first-order chi connectivity index (χ1) is 9.85.